The summed E-state index contributed by atoms with van der Waals surface area (Å²) in [6.45, 7) is 4.58. The summed E-state index contributed by atoms with van der Waals surface area (Å²) in [6.07, 6.45) is 52.7. The van der Waals surface area contributed by atoms with Crippen molar-refractivity contribution < 1.29 is 9.90 Å². The summed E-state index contributed by atoms with van der Waals surface area (Å²) in [4.78, 5) is 11.7. The zero-order valence-corrected chi connectivity index (χ0v) is 30.5. The molecule has 0 aliphatic heterocycles. The molecular formula is C42H82O2. The van der Waals surface area contributed by atoms with E-state index in [2.05, 4.69) is 26.0 Å². The predicted octanol–water partition coefficient (Wildman–Crippen LogP) is 15.3. The molecule has 0 rings (SSSR count). The zero-order valence-electron chi connectivity index (χ0n) is 30.5. The van der Waals surface area contributed by atoms with E-state index in [9.17, 15) is 9.90 Å². The van der Waals surface area contributed by atoms with Crippen LogP contribution in [0.4, 0.5) is 0 Å². The van der Waals surface area contributed by atoms with Gasteiger partial charge < -0.3 is 5.11 Å². The first-order valence-electron chi connectivity index (χ1n) is 20.6. The van der Waals surface area contributed by atoms with Crippen LogP contribution in [0.3, 0.4) is 0 Å². The number of rotatable bonds is 38. The van der Waals surface area contributed by atoms with E-state index >= 15 is 0 Å². The molecule has 0 aromatic heterocycles. The fourth-order valence-corrected chi connectivity index (χ4v) is 6.68. The molecule has 0 saturated carbocycles. The molecule has 262 valence electrons. The molecule has 0 aromatic carbocycles. The van der Waals surface area contributed by atoms with Crippen molar-refractivity contribution in [1.82, 2.24) is 0 Å². The van der Waals surface area contributed by atoms with Crippen LogP contribution in [0.2, 0.25) is 0 Å². The first-order valence-corrected chi connectivity index (χ1v) is 20.6. The second-order valence-electron chi connectivity index (χ2n) is 14.3. The molecule has 0 bridgehead atoms. The predicted molar refractivity (Wildman–Crippen MR) is 198 cm³/mol. The molecule has 0 amide bonds. The van der Waals surface area contributed by atoms with Gasteiger partial charge in [0.05, 0.1) is 5.92 Å². The van der Waals surface area contributed by atoms with Gasteiger partial charge in [0.2, 0.25) is 0 Å². The lowest BCUT2D eigenvalue weighted by Gasteiger charge is -2.12. The Morgan fingerprint density at radius 3 is 0.864 bits per heavy atom. The van der Waals surface area contributed by atoms with Gasteiger partial charge in [-0.3, -0.25) is 4.79 Å². The molecule has 1 unspecified atom stereocenters. The summed E-state index contributed by atoms with van der Waals surface area (Å²) in [5.41, 5.74) is 0. The average molecular weight is 619 g/mol. The third-order valence-electron chi connectivity index (χ3n) is 9.82. The van der Waals surface area contributed by atoms with Crippen molar-refractivity contribution in [2.75, 3.05) is 0 Å². The van der Waals surface area contributed by atoms with Crippen molar-refractivity contribution in [1.29, 1.82) is 0 Å². The number of carboxylic acids is 1. The molecule has 44 heavy (non-hydrogen) atoms. The largest absolute Gasteiger partial charge is 0.481 e. The third kappa shape index (κ3) is 35.7. The number of allylic oxidation sites excluding steroid dienone is 2. The molecule has 0 aromatic rings. The summed E-state index contributed by atoms with van der Waals surface area (Å²) in [7, 11) is 0. The molecule has 0 spiro atoms. The van der Waals surface area contributed by atoms with Gasteiger partial charge in [0, 0.05) is 0 Å². The van der Waals surface area contributed by atoms with E-state index < -0.39 is 5.97 Å². The second-order valence-corrected chi connectivity index (χ2v) is 14.3. The lowest BCUT2D eigenvalue weighted by atomic mass is 9.94. The number of hydrogen-bond acceptors (Lipinski definition) is 1. The first-order chi connectivity index (χ1) is 21.7. The van der Waals surface area contributed by atoms with E-state index in [1.54, 1.807) is 0 Å². The van der Waals surface area contributed by atoms with E-state index in [0.29, 0.717) is 0 Å². The first kappa shape index (κ1) is 43.2. The monoisotopic (exact) mass is 619 g/mol. The molecule has 0 saturated heterocycles. The minimum atomic E-state index is -0.556. The molecule has 0 radical (unpaired) electrons. The minimum Gasteiger partial charge on any atom is -0.481 e. The standard InChI is InChI=1S/C42H82O2/c1-3-5-7-9-11-13-15-17-19-21-22-23-24-26-28-30-32-34-36-38-40-41(42(43)44)39-37-35-33-31-29-27-25-20-18-16-14-12-10-8-6-4-2/h17,19,41H,3-16,18,20-40H2,1-2H3,(H,43,44)/b19-17-. The van der Waals surface area contributed by atoms with Crippen LogP contribution in [0.25, 0.3) is 0 Å². The molecule has 0 heterocycles. The summed E-state index contributed by atoms with van der Waals surface area (Å²) in [6, 6.07) is 0. The van der Waals surface area contributed by atoms with Crippen molar-refractivity contribution in [3.8, 4) is 0 Å². The molecule has 2 heteroatoms. The lowest BCUT2D eigenvalue weighted by Crippen LogP contribution is -2.13. The van der Waals surface area contributed by atoms with Gasteiger partial charge in [-0.05, 0) is 38.5 Å². The third-order valence-corrected chi connectivity index (χ3v) is 9.82. The maximum absolute atomic E-state index is 11.7. The van der Waals surface area contributed by atoms with E-state index in [0.717, 1.165) is 25.7 Å². The van der Waals surface area contributed by atoms with E-state index in [1.807, 2.05) is 0 Å². The highest BCUT2D eigenvalue weighted by molar-refractivity contribution is 5.69. The fourth-order valence-electron chi connectivity index (χ4n) is 6.68. The van der Waals surface area contributed by atoms with Crippen LogP contribution in [0.1, 0.15) is 245 Å². The molecule has 2 nitrogen and oxygen atoms in total. The van der Waals surface area contributed by atoms with E-state index in [-0.39, 0.29) is 5.92 Å². The Hall–Kier alpha value is -0.790. The van der Waals surface area contributed by atoms with Crippen molar-refractivity contribution in [2.24, 2.45) is 5.92 Å². The second kappa shape index (κ2) is 38.4. The van der Waals surface area contributed by atoms with Gasteiger partial charge in [-0.1, -0.05) is 219 Å². The molecular weight excluding hydrogens is 536 g/mol. The minimum absolute atomic E-state index is 0.105. The van der Waals surface area contributed by atoms with Gasteiger partial charge in [-0.2, -0.15) is 0 Å². The molecule has 0 fully saturated rings. The summed E-state index contributed by atoms with van der Waals surface area (Å²) in [5.74, 6) is -0.661. The lowest BCUT2D eigenvalue weighted by molar-refractivity contribution is -0.142. The average Bonchev–Trinajstić information content (AvgIpc) is 3.02. The Kier molecular flexibility index (Phi) is 37.7. The molecule has 0 aliphatic rings. The number of unbranched alkanes of at least 4 members (excludes halogenated alkanes) is 31. The zero-order chi connectivity index (χ0) is 32.0. The van der Waals surface area contributed by atoms with Crippen LogP contribution in [0.15, 0.2) is 12.2 Å². The normalized spacial score (nSPS) is 12.4. The summed E-state index contributed by atoms with van der Waals surface area (Å²) < 4.78 is 0. The van der Waals surface area contributed by atoms with Gasteiger partial charge in [-0.15, -0.1) is 0 Å². The van der Waals surface area contributed by atoms with Gasteiger partial charge in [0.15, 0.2) is 0 Å². The van der Waals surface area contributed by atoms with E-state index in [4.69, 9.17) is 0 Å². The van der Waals surface area contributed by atoms with Crippen LogP contribution in [0, 0.1) is 5.92 Å². The summed E-state index contributed by atoms with van der Waals surface area (Å²) in [5, 5.41) is 9.65. The highest BCUT2D eigenvalue weighted by Crippen LogP contribution is 2.20. The van der Waals surface area contributed by atoms with Crippen molar-refractivity contribution in [3.05, 3.63) is 12.2 Å². The van der Waals surface area contributed by atoms with Crippen molar-refractivity contribution in [3.63, 3.8) is 0 Å². The molecule has 1 atom stereocenters. The van der Waals surface area contributed by atoms with Crippen LogP contribution < -0.4 is 0 Å². The Balaban J connectivity index is 3.39. The van der Waals surface area contributed by atoms with Gasteiger partial charge in [0.25, 0.3) is 0 Å². The number of carbonyl (C=O) groups is 1. The summed E-state index contributed by atoms with van der Waals surface area (Å²) >= 11 is 0. The van der Waals surface area contributed by atoms with Gasteiger partial charge >= 0.3 is 5.97 Å². The fraction of sp³-hybridized carbons (Fsp3) is 0.929. The number of aliphatic carboxylic acids is 1. The van der Waals surface area contributed by atoms with Crippen LogP contribution >= 0.6 is 0 Å². The number of carboxylic acid groups (broad SMARTS) is 1. The Labute approximate surface area is 278 Å². The van der Waals surface area contributed by atoms with Crippen LogP contribution in [-0.2, 0) is 4.79 Å². The number of hydrogen-bond donors (Lipinski definition) is 1. The van der Waals surface area contributed by atoms with Crippen LogP contribution in [-0.4, -0.2) is 11.1 Å². The Bertz CT molecular complexity index is 568. The van der Waals surface area contributed by atoms with Crippen LogP contribution in [0.5, 0.6) is 0 Å². The highest BCUT2D eigenvalue weighted by Gasteiger charge is 2.16. The van der Waals surface area contributed by atoms with E-state index in [1.165, 1.54) is 205 Å². The topological polar surface area (TPSA) is 37.3 Å². The quantitative estimate of drug-likeness (QED) is 0.0552. The Morgan fingerprint density at radius 1 is 0.386 bits per heavy atom. The Morgan fingerprint density at radius 2 is 0.614 bits per heavy atom. The van der Waals surface area contributed by atoms with Crippen molar-refractivity contribution in [2.45, 2.75) is 245 Å². The maximum Gasteiger partial charge on any atom is 0.306 e. The molecule has 1 N–H and O–H groups in total. The highest BCUT2D eigenvalue weighted by atomic mass is 16.4. The van der Waals surface area contributed by atoms with Gasteiger partial charge in [0.1, 0.15) is 0 Å². The maximum atomic E-state index is 11.7. The SMILES string of the molecule is CCCCCCCC/C=C\CCCCCCCCCCCCC(CCCCCCCCCCCCCCCCCC)C(=O)O. The smallest absolute Gasteiger partial charge is 0.306 e. The van der Waals surface area contributed by atoms with Crippen molar-refractivity contribution >= 4 is 5.97 Å². The van der Waals surface area contributed by atoms with Gasteiger partial charge in [-0.25, -0.2) is 0 Å². The molecule has 0 aliphatic carbocycles.